The van der Waals surface area contributed by atoms with Gasteiger partial charge in [-0.1, -0.05) is 36.4 Å². The first kappa shape index (κ1) is 14.5. The molecule has 0 N–H and O–H groups in total. The molecular weight excluding hydrogens is 228 g/mol. The van der Waals surface area contributed by atoms with E-state index in [-0.39, 0.29) is 5.97 Å². The van der Waals surface area contributed by atoms with Crippen LogP contribution in [-0.2, 0) is 20.9 Å². The van der Waals surface area contributed by atoms with E-state index in [0.29, 0.717) is 13.2 Å². The largest absolute Gasteiger partial charge is 0.457 e. The lowest BCUT2D eigenvalue weighted by Gasteiger charge is -2.17. The van der Waals surface area contributed by atoms with Crippen LogP contribution < -0.4 is 0 Å². The highest BCUT2D eigenvalue weighted by Crippen LogP contribution is 2.07. The van der Waals surface area contributed by atoms with Gasteiger partial charge < -0.3 is 9.47 Å². The first-order valence-electron chi connectivity index (χ1n) is 5.98. The van der Waals surface area contributed by atoms with Crippen molar-refractivity contribution < 1.29 is 14.3 Å². The van der Waals surface area contributed by atoms with E-state index in [1.165, 1.54) is 6.08 Å². The molecule has 3 nitrogen and oxygen atoms in total. The maximum Gasteiger partial charge on any atom is 0.331 e. The van der Waals surface area contributed by atoms with E-state index >= 15 is 0 Å². The second-order valence-electron chi connectivity index (χ2n) is 4.94. The molecule has 18 heavy (non-hydrogen) atoms. The molecule has 0 spiro atoms. The van der Waals surface area contributed by atoms with Gasteiger partial charge in [0.1, 0.15) is 5.60 Å². The molecule has 1 aromatic rings. The van der Waals surface area contributed by atoms with E-state index in [9.17, 15) is 4.79 Å². The molecule has 0 aliphatic heterocycles. The van der Waals surface area contributed by atoms with Gasteiger partial charge >= 0.3 is 5.97 Å². The molecule has 0 bridgehead atoms. The Kier molecular flexibility index (Phi) is 5.59. The van der Waals surface area contributed by atoms with Crippen molar-refractivity contribution in [2.45, 2.75) is 33.0 Å². The number of carbonyl (C=O) groups excluding carboxylic acids is 1. The van der Waals surface area contributed by atoms with Crippen molar-refractivity contribution in [3.8, 4) is 0 Å². The summed E-state index contributed by atoms with van der Waals surface area (Å²) in [6.45, 7) is 6.45. The number of rotatable bonds is 5. The zero-order chi connectivity index (χ0) is 13.4. The minimum absolute atomic E-state index is 0.342. The van der Waals surface area contributed by atoms with Gasteiger partial charge in [0.25, 0.3) is 0 Å². The highest BCUT2D eigenvalue weighted by atomic mass is 16.6. The number of hydrogen-bond acceptors (Lipinski definition) is 3. The summed E-state index contributed by atoms with van der Waals surface area (Å²) in [4.78, 5) is 11.3. The van der Waals surface area contributed by atoms with Gasteiger partial charge in [-0.25, -0.2) is 4.79 Å². The third-order valence-electron chi connectivity index (χ3n) is 1.99. The van der Waals surface area contributed by atoms with E-state index < -0.39 is 5.60 Å². The Labute approximate surface area is 108 Å². The Morgan fingerprint density at radius 1 is 1.22 bits per heavy atom. The Hall–Kier alpha value is -1.61. The van der Waals surface area contributed by atoms with Gasteiger partial charge in [0.2, 0.25) is 0 Å². The SMILES string of the molecule is CC(C)(C)OC(=O)C=CCOCc1ccccc1. The molecule has 1 aromatic carbocycles. The molecule has 0 atom stereocenters. The van der Waals surface area contributed by atoms with Gasteiger partial charge in [-0.3, -0.25) is 0 Å². The number of benzene rings is 1. The molecule has 0 unspecified atom stereocenters. The second kappa shape index (κ2) is 6.97. The molecule has 3 heteroatoms. The first-order chi connectivity index (χ1) is 8.47. The van der Waals surface area contributed by atoms with E-state index in [0.717, 1.165) is 5.56 Å². The van der Waals surface area contributed by atoms with E-state index in [4.69, 9.17) is 9.47 Å². The number of carbonyl (C=O) groups is 1. The van der Waals surface area contributed by atoms with Gasteiger partial charge in [-0.2, -0.15) is 0 Å². The summed E-state index contributed by atoms with van der Waals surface area (Å²) in [5.74, 6) is -0.342. The average Bonchev–Trinajstić information content (AvgIpc) is 2.27. The molecule has 98 valence electrons. The van der Waals surface area contributed by atoms with Gasteiger partial charge in [0.15, 0.2) is 0 Å². The topological polar surface area (TPSA) is 35.5 Å². The molecule has 0 aliphatic rings. The fraction of sp³-hybridized carbons (Fsp3) is 0.400. The van der Waals surface area contributed by atoms with Crippen molar-refractivity contribution >= 4 is 5.97 Å². The number of esters is 1. The third kappa shape index (κ3) is 6.86. The number of ether oxygens (including phenoxy) is 2. The quantitative estimate of drug-likeness (QED) is 0.456. The first-order valence-corrected chi connectivity index (χ1v) is 5.98. The average molecular weight is 248 g/mol. The summed E-state index contributed by atoms with van der Waals surface area (Å²) in [5.41, 5.74) is 0.662. The Balaban J connectivity index is 2.20. The van der Waals surface area contributed by atoms with Gasteiger partial charge in [0.05, 0.1) is 13.2 Å². The molecule has 0 heterocycles. The Bertz CT molecular complexity index is 388. The molecule has 0 radical (unpaired) electrons. The predicted octanol–water partition coefficient (Wildman–Crippen LogP) is 3.10. The van der Waals surface area contributed by atoms with Crippen LogP contribution in [0, 0.1) is 0 Å². The van der Waals surface area contributed by atoms with Crippen LogP contribution in [0.5, 0.6) is 0 Å². The van der Waals surface area contributed by atoms with Crippen LogP contribution in [-0.4, -0.2) is 18.2 Å². The fourth-order valence-corrected chi connectivity index (χ4v) is 1.30. The molecule has 0 fully saturated rings. The lowest BCUT2D eigenvalue weighted by Crippen LogP contribution is -2.22. The molecule has 0 aliphatic carbocycles. The van der Waals surface area contributed by atoms with Gasteiger partial charge in [0, 0.05) is 6.08 Å². The van der Waals surface area contributed by atoms with Crippen LogP contribution in [0.15, 0.2) is 42.5 Å². The van der Waals surface area contributed by atoms with Crippen LogP contribution in [0.25, 0.3) is 0 Å². The monoisotopic (exact) mass is 248 g/mol. The summed E-state index contributed by atoms with van der Waals surface area (Å²) in [6, 6.07) is 9.89. The normalized spacial score (nSPS) is 11.7. The smallest absolute Gasteiger partial charge is 0.331 e. The van der Waals surface area contributed by atoms with Crippen molar-refractivity contribution in [2.24, 2.45) is 0 Å². The summed E-state index contributed by atoms with van der Waals surface area (Å²) < 4.78 is 10.5. The minimum Gasteiger partial charge on any atom is -0.457 e. The second-order valence-corrected chi connectivity index (χ2v) is 4.94. The molecule has 0 saturated heterocycles. The molecule has 0 saturated carbocycles. The maximum atomic E-state index is 11.3. The van der Waals surface area contributed by atoms with Crippen LogP contribution in [0.4, 0.5) is 0 Å². The van der Waals surface area contributed by atoms with Crippen LogP contribution in [0.1, 0.15) is 26.3 Å². The van der Waals surface area contributed by atoms with Crippen LogP contribution in [0.2, 0.25) is 0 Å². The highest BCUT2D eigenvalue weighted by molar-refractivity contribution is 5.82. The van der Waals surface area contributed by atoms with Crippen molar-refractivity contribution in [3.05, 3.63) is 48.0 Å². The lowest BCUT2D eigenvalue weighted by atomic mass is 10.2. The minimum atomic E-state index is -0.452. The lowest BCUT2D eigenvalue weighted by molar-refractivity contribution is -0.148. The van der Waals surface area contributed by atoms with Crippen molar-refractivity contribution in [2.75, 3.05) is 6.61 Å². The van der Waals surface area contributed by atoms with Gasteiger partial charge in [-0.05, 0) is 26.3 Å². The van der Waals surface area contributed by atoms with E-state index in [2.05, 4.69) is 0 Å². The predicted molar refractivity (Wildman–Crippen MR) is 71.1 cm³/mol. The molecule has 0 aromatic heterocycles. The van der Waals surface area contributed by atoms with Gasteiger partial charge in [-0.15, -0.1) is 0 Å². The molecular formula is C15H20O3. The summed E-state index contributed by atoms with van der Waals surface area (Å²) in [7, 11) is 0. The molecule has 1 rings (SSSR count). The zero-order valence-corrected chi connectivity index (χ0v) is 11.2. The van der Waals surface area contributed by atoms with Crippen molar-refractivity contribution in [3.63, 3.8) is 0 Å². The number of hydrogen-bond donors (Lipinski definition) is 0. The van der Waals surface area contributed by atoms with Crippen LogP contribution in [0.3, 0.4) is 0 Å². The molecule has 0 amide bonds. The van der Waals surface area contributed by atoms with E-state index in [1.807, 2.05) is 51.1 Å². The summed E-state index contributed by atoms with van der Waals surface area (Å²) >= 11 is 0. The van der Waals surface area contributed by atoms with E-state index in [1.54, 1.807) is 6.08 Å². The summed E-state index contributed by atoms with van der Waals surface area (Å²) in [6.07, 6.45) is 3.06. The van der Waals surface area contributed by atoms with Crippen molar-refractivity contribution in [1.82, 2.24) is 0 Å². The third-order valence-corrected chi connectivity index (χ3v) is 1.99. The van der Waals surface area contributed by atoms with Crippen LogP contribution >= 0.6 is 0 Å². The Morgan fingerprint density at radius 3 is 2.50 bits per heavy atom. The standard InChI is InChI=1S/C15H20O3/c1-15(2,3)18-14(16)10-7-11-17-12-13-8-5-4-6-9-13/h4-10H,11-12H2,1-3H3. The zero-order valence-electron chi connectivity index (χ0n) is 11.2. The fourth-order valence-electron chi connectivity index (χ4n) is 1.30. The highest BCUT2D eigenvalue weighted by Gasteiger charge is 2.13. The summed E-state index contributed by atoms with van der Waals surface area (Å²) in [5, 5.41) is 0. The Morgan fingerprint density at radius 2 is 1.89 bits per heavy atom. The maximum absolute atomic E-state index is 11.3. The van der Waals surface area contributed by atoms with Crippen molar-refractivity contribution in [1.29, 1.82) is 0 Å².